The highest BCUT2D eigenvalue weighted by molar-refractivity contribution is 5.69. The summed E-state index contributed by atoms with van der Waals surface area (Å²) in [6, 6.07) is 10.2. The Morgan fingerprint density at radius 1 is 1.22 bits per heavy atom. The average Bonchev–Trinajstić information content (AvgIpc) is 3.15. The molecule has 0 aliphatic heterocycles. The third-order valence-electron chi connectivity index (χ3n) is 3.77. The van der Waals surface area contributed by atoms with Gasteiger partial charge >= 0.3 is 11.7 Å². The summed E-state index contributed by atoms with van der Waals surface area (Å²) >= 11 is 0. The molecule has 0 radical (unpaired) electrons. The van der Waals surface area contributed by atoms with E-state index in [9.17, 15) is 14.4 Å². The molecule has 3 rings (SSSR count). The van der Waals surface area contributed by atoms with E-state index in [1.54, 1.807) is 25.3 Å². The molecule has 0 fully saturated rings. The molecule has 0 saturated carbocycles. The van der Waals surface area contributed by atoms with Crippen molar-refractivity contribution in [2.75, 3.05) is 7.11 Å². The van der Waals surface area contributed by atoms with Crippen molar-refractivity contribution in [2.24, 2.45) is 0 Å². The van der Waals surface area contributed by atoms with E-state index in [1.165, 1.54) is 16.8 Å². The van der Waals surface area contributed by atoms with Crippen LogP contribution in [0.2, 0.25) is 0 Å². The summed E-state index contributed by atoms with van der Waals surface area (Å²) in [4.78, 5) is 36.5. The molecule has 9 nitrogen and oxygen atoms in total. The summed E-state index contributed by atoms with van der Waals surface area (Å²) in [6.07, 6.45) is 1.31. The maximum absolute atomic E-state index is 11.8. The van der Waals surface area contributed by atoms with Crippen molar-refractivity contribution in [3.05, 3.63) is 69.1 Å². The third kappa shape index (κ3) is 4.72. The molecule has 0 bridgehead atoms. The van der Waals surface area contributed by atoms with Gasteiger partial charge in [0, 0.05) is 30.4 Å². The average molecular weight is 371 g/mol. The van der Waals surface area contributed by atoms with Gasteiger partial charge in [-0.25, -0.2) is 4.79 Å². The zero-order chi connectivity index (χ0) is 19.2. The number of hydrogen-bond donors (Lipinski definition) is 1. The lowest BCUT2D eigenvalue weighted by Gasteiger charge is -2.04. The Morgan fingerprint density at radius 2 is 2.00 bits per heavy atom. The van der Waals surface area contributed by atoms with Gasteiger partial charge in [-0.2, -0.15) is 0 Å². The predicted octanol–water partition coefficient (Wildman–Crippen LogP) is 1.33. The molecule has 0 aliphatic carbocycles. The van der Waals surface area contributed by atoms with E-state index >= 15 is 0 Å². The van der Waals surface area contributed by atoms with Gasteiger partial charge < -0.3 is 18.6 Å². The highest BCUT2D eigenvalue weighted by Gasteiger charge is 2.10. The summed E-state index contributed by atoms with van der Waals surface area (Å²) in [5.74, 6) is 0.777. The molecule has 0 unspecified atom stereocenters. The van der Waals surface area contributed by atoms with Crippen molar-refractivity contribution in [3.8, 4) is 17.1 Å². The fourth-order valence-corrected chi connectivity index (χ4v) is 2.33. The maximum Gasteiger partial charge on any atom is 0.328 e. The van der Waals surface area contributed by atoms with Crippen LogP contribution >= 0.6 is 0 Å². The molecule has 0 amide bonds. The highest BCUT2D eigenvalue weighted by atomic mass is 16.5. The number of H-pyrrole nitrogens is 1. The van der Waals surface area contributed by atoms with Gasteiger partial charge in [0.05, 0.1) is 13.5 Å². The van der Waals surface area contributed by atoms with E-state index in [0.717, 1.165) is 11.3 Å². The Labute approximate surface area is 153 Å². The molecule has 0 spiro atoms. The normalized spacial score (nSPS) is 10.6. The fraction of sp³-hybridized carbons (Fsp3) is 0.222. The van der Waals surface area contributed by atoms with Crippen molar-refractivity contribution in [1.29, 1.82) is 0 Å². The molecule has 27 heavy (non-hydrogen) atoms. The number of rotatable bonds is 7. The van der Waals surface area contributed by atoms with E-state index < -0.39 is 17.2 Å². The van der Waals surface area contributed by atoms with E-state index in [1.807, 2.05) is 12.1 Å². The van der Waals surface area contributed by atoms with Crippen LogP contribution in [0.4, 0.5) is 0 Å². The number of ether oxygens (including phenoxy) is 2. The Kier molecular flexibility index (Phi) is 5.50. The van der Waals surface area contributed by atoms with Crippen LogP contribution in [0.5, 0.6) is 5.75 Å². The van der Waals surface area contributed by atoms with Crippen LogP contribution in [-0.2, 0) is 22.7 Å². The first-order valence-electron chi connectivity index (χ1n) is 8.10. The summed E-state index contributed by atoms with van der Waals surface area (Å²) < 4.78 is 16.7. The number of hydrogen-bond acceptors (Lipinski definition) is 7. The number of aromatic amines is 1. The number of esters is 1. The standard InChI is InChI=1S/C18H17N3O6/c1-25-14-4-2-12(3-5-14)15-10-13(20-27-15)11-26-17(23)7-9-21-8-6-16(22)19-18(21)24/h2-6,8,10H,7,9,11H2,1H3,(H,19,22,24). The summed E-state index contributed by atoms with van der Waals surface area (Å²) in [7, 11) is 1.59. The second-order valence-corrected chi connectivity index (χ2v) is 5.63. The van der Waals surface area contributed by atoms with Gasteiger partial charge in [0.15, 0.2) is 5.76 Å². The number of methoxy groups -OCH3 is 1. The Balaban J connectivity index is 1.52. The van der Waals surface area contributed by atoms with E-state index in [2.05, 4.69) is 10.1 Å². The second-order valence-electron chi connectivity index (χ2n) is 5.63. The number of nitrogens with zero attached hydrogens (tertiary/aromatic N) is 2. The molecule has 2 heterocycles. The van der Waals surface area contributed by atoms with Crippen molar-refractivity contribution in [2.45, 2.75) is 19.6 Å². The monoisotopic (exact) mass is 371 g/mol. The Hall–Kier alpha value is -3.62. The quantitative estimate of drug-likeness (QED) is 0.623. The van der Waals surface area contributed by atoms with Crippen LogP contribution in [-0.4, -0.2) is 27.8 Å². The van der Waals surface area contributed by atoms with Gasteiger partial charge in [-0.05, 0) is 24.3 Å². The molecule has 3 aromatic rings. The van der Waals surface area contributed by atoms with Crippen molar-refractivity contribution in [3.63, 3.8) is 0 Å². The minimum Gasteiger partial charge on any atom is -0.497 e. The summed E-state index contributed by atoms with van der Waals surface area (Å²) in [5.41, 5.74) is 0.224. The van der Waals surface area contributed by atoms with Crippen molar-refractivity contribution < 1.29 is 18.8 Å². The zero-order valence-electron chi connectivity index (χ0n) is 14.5. The minimum absolute atomic E-state index is 0.0187. The van der Waals surface area contributed by atoms with E-state index in [-0.39, 0.29) is 19.6 Å². The van der Waals surface area contributed by atoms with Gasteiger partial charge in [0.2, 0.25) is 0 Å². The molecular weight excluding hydrogens is 354 g/mol. The first-order valence-corrected chi connectivity index (χ1v) is 8.10. The smallest absolute Gasteiger partial charge is 0.328 e. The Bertz CT molecular complexity index is 1030. The lowest BCUT2D eigenvalue weighted by molar-refractivity contribution is -0.145. The van der Waals surface area contributed by atoms with Crippen LogP contribution in [0.1, 0.15) is 12.1 Å². The van der Waals surface area contributed by atoms with E-state index in [4.69, 9.17) is 14.0 Å². The van der Waals surface area contributed by atoms with Crippen molar-refractivity contribution >= 4 is 5.97 Å². The predicted molar refractivity (Wildman–Crippen MR) is 94.2 cm³/mol. The topological polar surface area (TPSA) is 116 Å². The van der Waals surface area contributed by atoms with Gasteiger partial charge in [-0.3, -0.25) is 14.6 Å². The fourth-order valence-electron chi connectivity index (χ4n) is 2.33. The summed E-state index contributed by atoms with van der Waals surface area (Å²) in [5, 5.41) is 3.87. The number of aryl methyl sites for hydroxylation is 1. The minimum atomic E-state index is -0.573. The van der Waals surface area contributed by atoms with Crippen LogP contribution in [0.15, 0.2) is 56.7 Å². The molecule has 1 aromatic carbocycles. The largest absolute Gasteiger partial charge is 0.497 e. The molecule has 0 aliphatic rings. The van der Waals surface area contributed by atoms with Crippen LogP contribution in [0, 0.1) is 0 Å². The second kappa shape index (κ2) is 8.17. The molecule has 0 saturated heterocycles. The molecular formula is C18H17N3O6. The van der Waals surface area contributed by atoms with Gasteiger partial charge in [-0.1, -0.05) is 5.16 Å². The lowest BCUT2D eigenvalue weighted by Crippen LogP contribution is -2.29. The summed E-state index contributed by atoms with van der Waals surface area (Å²) in [6.45, 7) is 0.0589. The highest BCUT2D eigenvalue weighted by Crippen LogP contribution is 2.23. The molecule has 0 atom stereocenters. The first kappa shape index (κ1) is 18.2. The molecule has 2 aromatic heterocycles. The van der Waals surface area contributed by atoms with Gasteiger partial charge in [-0.15, -0.1) is 0 Å². The zero-order valence-corrected chi connectivity index (χ0v) is 14.5. The SMILES string of the molecule is COc1ccc(-c2cc(COC(=O)CCn3ccc(=O)[nH]c3=O)no2)cc1. The van der Waals surface area contributed by atoms with Gasteiger partial charge in [0.1, 0.15) is 18.1 Å². The van der Waals surface area contributed by atoms with Crippen LogP contribution in [0.25, 0.3) is 11.3 Å². The lowest BCUT2D eigenvalue weighted by atomic mass is 10.1. The van der Waals surface area contributed by atoms with Crippen LogP contribution < -0.4 is 16.0 Å². The number of carbonyl (C=O) groups excluding carboxylic acids is 1. The number of benzene rings is 1. The van der Waals surface area contributed by atoms with Crippen LogP contribution in [0.3, 0.4) is 0 Å². The third-order valence-corrected chi connectivity index (χ3v) is 3.77. The molecule has 140 valence electrons. The van der Waals surface area contributed by atoms with Gasteiger partial charge in [0.25, 0.3) is 5.56 Å². The first-order chi connectivity index (χ1) is 13.0. The van der Waals surface area contributed by atoms with E-state index in [0.29, 0.717) is 11.5 Å². The maximum atomic E-state index is 11.8. The number of aromatic nitrogens is 3. The molecule has 1 N–H and O–H groups in total. The number of carbonyl (C=O) groups is 1. The number of nitrogens with one attached hydrogen (secondary N) is 1. The van der Waals surface area contributed by atoms with Crippen molar-refractivity contribution in [1.82, 2.24) is 14.7 Å². The Morgan fingerprint density at radius 3 is 2.70 bits per heavy atom. The molecule has 9 heteroatoms.